The third-order valence-corrected chi connectivity index (χ3v) is 9.40. The number of nitrogens with zero attached hydrogens (tertiary/aromatic N) is 2. The molecule has 1 aliphatic carbocycles. The van der Waals surface area contributed by atoms with Crippen LogP contribution >= 0.6 is 11.6 Å². The number of carbonyl (C=O) groups excluding carboxylic acids is 2. The van der Waals surface area contributed by atoms with Gasteiger partial charge in [-0.2, -0.15) is 0 Å². The number of rotatable bonds is 10. The number of anilines is 1. The molecule has 212 valence electrons. The van der Waals surface area contributed by atoms with Gasteiger partial charge in [-0.1, -0.05) is 78.5 Å². The van der Waals surface area contributed by atoms with E-state index in [-0.39, 0.29) is 23.4 Å². The van der Waals surface area contributed by atoms with Gasteiger partial charge in [0.2, 0.25) is 11.8 Å². The van der Waals surface area contributed by atoms with Crippen LogP contribution < -0.4 is 9.62 Å². The fraction of sp³-hybridized carbons (Fsp3) is 0.355. The minimum atomic E-state index is -4.14. The van der Waals surface area contributed by atoms with Gasteiger partial charge in [-0.25, -0.2) is 8.42 Å². The summed E-state index contributed by atoms with van der Waals surface area (Å²) in [5, 5.41) is 3.43. The Kier molecular flexibility index (Phi) is 9.53. The number of amides is 2. The van der Waals surface area contributed by atoms with E-state index < -0.39 is 28.5 Å². The van der Waals surface area contributed by atoms with Crippen LogP contribution in [-0.2, 0) is 26.2 Å². The van der Waals surface area contributed by atoms with Gasteiger partial charge in [-0.05, 0) is 69.0 Å². The number of benzene rings is 3. The summed E-state index contributed by atoms with van der Waals surface area (Å²) >= 11 is 6.28. The summed E-state index contributed by atoms with van der Waals surface area (Å²) in [5.41, 5.74) is 2.87. The van der Waals surface area contributed by atoms with Gasteiger partial charge >= 0.3 is 0 Å². The maximum absolute atomic E-state index is 14.1. The smallest absolute Gasteiger partial charge is 0.264 e. The second-order valence-corrected chi connectivity index (χ2v) is 12.7. The third-order valence-electron chi connectivity index (χ3n) is 7.39. The van der Waals surface area contributed by atoms with Crippen LogP contribution in [0, 0.1) is 13.8 Å². The molecule has 0 aromatic heterocycles. The lowest BCUT2D eigenvalue weighted by Crippen LogP contribution is -2.52. The highest BCUT2D eigenvalue weighted by Gasteiger charge is 2.34. The quantitative estimate of drug-likeness (QED) is 0.336. The van der Waals surface area contributed by atoms with Crippen molar-refractivity contribution in [3.05, 3.63) is 94.5 Å². The van der Waals surface area contributed by atoms with Crippen molar-refractivity contribution in [3.8, 4) is 0 Å². The van der Waals surface area contributed by atoms with Crippen molar-refractivity contribution in [2.45, 2.75) is 70.0 Å². The second kappa shape index (κ2) is 12.9. The predicted molar refractivity (Wildman–Crippen MR) is 159 cm³/mol. The van der Waals surface area contributed by atoms with E-state index in [0.29, 0.717) is 16.3 Å². The van der Waals surface area contributed by atoms with Crippen molar-refractivity contribution in [2.24, 2.45) is 0 Å². The first-order valence-electron chi connectivity index (χ1n) is 13.6. The van der Waals surface area contributed by atoms with Crippen LogP contribution in [0.2, 0.25) is 5.02 Å². The van der Waals surface area contributed by atoms with Crippen molar-refractivity contribution < 1.29 is 18.0 Å². The predicted octanol–water partition coefficient (Wildman–Crippen LogP) is 5.63. The van der Waals surface area contributed by atoms with Crippen LogP contribution in [0.25, 0.3) is 0 Å². The Hall–Kier alpha value is -3.36. The first-order valence-corrected chi connectivity index (χ1v) is 15.4. The van der Waals surface area contributed by atoms with E-state index in [1.807, 2.05) is 31.2 Å². The fourth-order valence-electron chi connectivity index (χ4n) is 4.95. The van der Waals surface area contributed by atoms with Crippen LogP contribution in [-0.4, -0.2) is 43.8 Å². The minimum absolute atomic E-state index is 0.0549. The molecule has 4 rings (SSSR count). The first-order chi connectivity index (χ1) is 19.1. The van der Waals surface area contributed by atoms with E-state index in [4.69, 9.17) is 11.6 Å². The molecule has 0 saturated heterocycles. The number of hydrogen-bond acceptors (Lipinski definition) is 4. The van der Waals surface area contributed by atoms with E-state index in [1.165, 1.54) is 17.0 Å². The summed E-state index contributed by atoms with van der Waals surface area (Å²) in [7, 11) is -4.14. The molecule has 1 aliphatic rings. The molecule has 0 aliphatic heterocycles. The first kappa shape index (κ1) is 29.6. The molecule has 1 atom stereocenters. The number of halogens is 1. The molecular formula is C31H36ClN3O4S. The summed E-state index contributed by atoms with van der Waals surface area (Å²) in [6, 6.07) is 19.9. The Labute approximate surface area is 242 Å². The lowest BCUT2D eigenvalue weighted by molar-refractivity contribution is -0.139. The highest BCUT2D eigenvalue weighted by molar-refractivity contribution is 7.92. The summed E-state index contributed by atoms with van der Waals surface area (Å²) in [4.78, 5) is 28.9. The molecule has 0 bridgehead atoms. The van der Waals surface area contributed by atoms with Crippen LogP contribution in [0.15, 0.2) is 77.7 Å². The zero-order valence-corrected chi connectivity index (χ0v) is 24.7. The molecule has 9 heteroatoms. The molecule has 1 saturated carbocycles. The highest BCUT2D eigenvalue weighted by atomic mass is 35.5. The lowest BCUT2D eigenvalue weighted by atomic mass is 10.1. The molecule has 1 unspecified atom stereocenters. The van der Waals surface area contributed by atoms with Crippen molar-refractivity contribution in [1.82, 2.24) is 10.2 Å². The van der Waals surface area contributed by atoms with Gasteiger partial charge in [0.25, 0.3) is 10.0 Å². The van der Waals surface area contributed by atoms with Crippen molar-refractivity contribution in [2.75, 3.05) is 10.8 Å². The zero-order chi connectivity index (χ0) is 28.9. The summed E-state index contributed by atoms with van der Waals surface area (Å²) < 4.78 is 28.9. The van der Waals surface area contributed by atoms with Gasteiger partial charge in [0.15, 0.2) is 0 Å². The van der Waals surface area contributed by atoms with Gasteiger partial charge in [-0.15, -0.1) is 0 Å². The summed E-state index contributed by atoms with van der Waals surface area (Å²) in [5.74, 6) is -0.739. The van der Waals surface area contributed by atoms with Crippen LogP contribution in [0.4, 0.5) is 5.69 Å². The zero-order valence-electron chi connectivity index (χ0n) is 23.1. The molecule has 40 heavy (non-hydrogen) atoms. The van der Waals surface area contributed by atoms with E-state index in [2.05, 4.69) is 5.32 Å². The maximum atomic E-state index is 14.1. The molecule has 3 aromatic carbocycles. The van der Waals surface area contributed by atoms with Gasteiger partial charge in [0.1, 0.15) is 12.6 Å². The number of sulfonamides is 1. The average molecular weight is 582 g/mol. The van der Waals surface area contributed by atoms with Gasteiger partial charge in [-0.3, -0.25) is 13.9 Å². The highest BCUT2D eigenvalue weighted by Crippen LogP contribution is 2.30. The van der Waals surface area contributed by atoms with Gasteiger partial charge in [0.05, 0.1) is 10.6 Å². The number of aryl methyl sites for hydroxylation is 2. The molecule has 2 amide bonds. The van der Waals surface area contributed by atoms with Crippen molar-refractivity contribution in [1.29, 1.82) is 0 Å². The summed E-state index contributed by atoms with van der Waals surface area (Å²) in [6.07, 6.45) is 3.97. The SMILES string of the molecule is Cc1ccc(CN(C(=O)CN(c2cc(Cl)ccc2C)S(=O)(=O)c2ccccc2)C(C)C(=O)NC2CCCC2)cc1. The number of hydrogen-bond donors (Lipinski definition) is 1. The topological polar surface area (TPSA) is 86.8 Å². The minimum Gasteiger partial charge on any atom is -0.352 e. The van der Waals surface area contributed by atoms with Gasteiger partial charge in [0, 0.05) is 17.6 Å². The number of nitrogens with one attached hydrogen (secondary N) is 1. The van der Waals surface area contributed by atoms with Crippen molar-refractivity contribution in [3.63, 3.8) is 0 Å². The van der Waals surface area contributed by atoms with Crippen LogP contribution in [0.5, 0.6) is 0 Å². The summed E-state index contributed by atoms with van der Waals surface area (Å²) in [6.45, 7) is 5.10. The largest absolute Gasteiger partial charge is 0.352 e. The van der Waals surface area contributed by atoms with Crippen molar-refractivity contribution >= 4 is 39.1 Å². The number of carbonyl (C=O) groups is 2. The van der Waals surface area contributed by atoms with E-state index in [1.54, 1.807) is 50.2 Å². The Morgan fingerprint density at radius 3 is 2.27 bits per heavy atom. The lowest BCUT2D eigenvalue weighted by Gasteiger charge is -2.33. The maximum Gasteiger partial charge on any atom is 0.264 e. The Balaban J connectivity index is 1.70. The van der Waals surface area contributed by atoms with Crippen LogP contribution in [0.1, 0.15) is 49.3 Å². The molecule has 1 fully saturated rings. The third kappa shape index (κ3) is 7.04. The van der Waals surface area contributed by atoms with E-state index in [9.17, 15) is 18.0 Å². The van der Waals surface area contributed by atoms with E-state index in [0.717, 1.165) is 41.1 Å². The normalized spacial score (nSPS) is 14.5. The standard InChI is InChI=1S/C31H36ClN3O4S/c1-22-13-16-25(17-14-22)20-34(24(3)31(37)33-27-9-7-8-10-27)30(36)21-35(29-19-26(32)18-15-23(29)2)40(38,39)28-11-5-4-6-12-28/h4-6,11-19,24,27H,7-10,20-21H2,1-3H3,(H,33,37). The monoisotopic (exact) mass is 581 g/mol. The second-order valence-electron chi connectivity index (χ2n) is 10.4. The average Bonchev–Trinajstić information content (AvgIpc) is 3.45. The Morgan fingerprint density at radius 2 is 1.62 bits per heavy atom. The molecule has 7 nitrogen and oxygen atoms in total. The molecule has 0 spiro atoms. The molecule has 1 N–H and O–H groups in total. The van der Waals surface area contributed by atoms with E-state index >= 15 is 0 Å². The molecular weight excluding hydrogens is 546 g/mol. The Morgan fingerprint density at radius 1 is 0.975 bits per heavy atom. The molecule has 0 radical (unpaired) electrons. The molecule has 0 heterocycles. The Bertz CT molecular complexity index is 1440. The fourth-order valence-corrected chi connectivity index (χ4v) is 6.61. The van der Waals surface area contributed by atoms with Crippen LogP contribution in [0.3, 0.4) is 0 Å². The molecule has 3 aromatic rings. The van der Waals surface area contributed by atoms with Gasteiger partial charge < -0.3 is 10.2 Å².